The smallest absolute Gasteiger partial charge is 0.242 e. The molecule has 1 saturated heterocycles. The van der Waals surface area contributed by atoms with E-state index in [0.717, 1.165) is 0 Å². The number of hydrogen-bond donors (Lipinski definition) is 1. The van der Waals surface area contributed by atoms with E-state index in [4.69, 9.17) is 18.0 Å². The van der Waals surface area contributed by atoms with Crippen LogP contribution in [0.15, 0.2) is 18.2 Å². The number of piperazine rings is 1. The predicted molar refractivity (Wildman–Crippen MR) is 84.4 cm³/mol. The van der Waals surface area contributed by atoms with Crippen molar-refractivity contribution in [1.29, 1.82) is 0 Å². The Bertz CT molecular complexity index is 588. The van der Waals surface area contributed by atoms with Gasteiger partial charge in [0.05, 0.1) is 5.54 Å². The van der Waals surface area contributed by atoms with Gasteiger partial charge in [-0.1, -0.05) is 24.4 Å². The zero-order chi connectivity index (χ0) is 15.8. The Labute approximate surface area is 129 Å². The Morgan fingerprint density at radius 2 is 2.10 bits per heavy atom. The fourth-order valence-electron chi connectivity index (χ4n) is 2.57. The average Bonchev–Trinajstić information content (AvgIpc) is 2.41. The molecular formula is C15H20FN3OS. The van der Waals surface area contributed by atoms with Crippen molar-refractivity contribution in [3.05, 3.63) is 35.1 Å². The van der Waals surface area contributed by atoms with Crippen molar-refractivity contribution in [2.24, 2.45) is 5.73 Å². The molecule has 0 saturated carbocycles. The number of rotatable bonds is 3. The number of hydrogen-bond acceptors (Lipinski definition) is 3. The number of carbonyl (C=O) groups excluding carboxylic acids is 1. The minimum Gasteiger partial charge on any atom is -0.389 e. The molecule has 1 heterocycles. The molecule has 0 aliphatic carbocycles. The lowest BCUT2D eigenvalue weighted by atomic mass is 9.96. The van der Waals surface area contributed by atoms with Gasteiger partial charge in [0.2, 0.25) is 5.91 Å². The Balaban J connectivity index is 2.22. The summed E-state index contributed by atoms with van der Waals surface area (Å²) in [6, 6.07) is 4.75. The molecule has 2 rings (SSSR count). The van der Waals surface area contributed by atoms with Crippen LogP contribution in [0.25, 0.3) is 0 Å². The molecule has 0 atom stereocenters. The normalized spacial score (nSPS) is 18.9. The molecule has 4 nitrogen and oxygen atoms in total. The molecule has 0 aromatic heterocycles. The van der Waals surface area contributed by atoms with Crippen LogP contribution >= 0.6 is 12.2 Å². The molecule has 6 heteroatoms. The van der Waals surface area contributed by atoms with Crippen LogP contribution in [0.5, 0.6) is 0 Å². The third kappa shape index (κ3) is 3.06. The maximum absolute atomic E-state index is 14.2. The Hall–Kier alpha value is -1.53. The molecule has 0 radical (unpaired) electrons. The van der Waals surface area contributed by atoms with Crippen LogP contribution in [-0.4, -0.2) is 46.4 Å². The molecule has 0 bridgehead atoms. The van der Waals surface area contributed by atoms with Crippen molar-refractivity contribution in [2.75, 3.05) is 20.1 Å². The van der Waals surface area contributed by atoms with E-state index in [0.29, 0.717) is 30.8 Å². The van der Waals surface area contributed by atoms with E-state index in [1.807, 2.05) is 18.7 Å². The third-order valence-electron chi connectivity index (χ3n) is 4.06. The number of halogens is 1. The van der Waals surface area contributed by atoms with Crippen LogP contribution in [0, 0.1) is 5.82 Å². The van der Waals surface area contributed by atoms with Gasteiger partial charge < -0.3 is 10.6 Å². The lowest BCUT2D eigenvalue weighted by Gasteiger charge is -2.44. The third-order valence-corrected chi connectivity index (χ3v) is 4.30. The molecule has 1 aliphatic heterocycles. The summed E-state index contributed by atoms with van der Waals surface area (Å²) in [5, 5.41) is 0. The van der Waals surface area contributed by atoms with E-state index in [1.54, 1.807) is 24.1 Å². The van der Waals surface area contributed by atoms with E-state index in [-0.39, 0.29) is 16.7 Å². The quantitative estimate of drug-likeness (QED) is 0.860. The lowest BCUT2D eigenvalue weighted by molar-refractivity contribution is -0.147. The summed E-state index contributed by atoms with van der Waals surface area (Å²) >= 11 is 4.84. The van der Waals surface area contributed by atoms with Gasteiger partial charge in [-0.25, -0.2) is 4.39 Å². The topological polar surface area (TPSA) is 49.6 Å². The standard InChI is InChI=1S/C15H20FN3OS/c1-15(2)14(20)18(3)6-7-19(15)9-11-5-4-10(13(17)21)8-12(11)16/h4-5,8H,6-7,9H2,1-3H3,(H2,17,21). The van der Waals surface area contributed by atoms with Crippen LogP contribution < -0.4 is 5.73 Å². The highest BCUT2D eigenvalue weighted by atomic mass is 32.1. The highest BCUT2D eigenvalue weighted by Crippen LogP contribution is 2.25. The fourth-order valence-corrected chi connectivity index (χ4v) is 2.69. The Morgan fingerprint density at radius 3 is 2.67 bits per heavy atom. The van der Waals surface area contributed by atoms with E-state index in [2.05, 4.69) is 0 Å². The van der Waals surface area contributed by atoms with Crippen LogP contribution in [0.1, 0.15) is 25.0 Å². The first-order chi connectivity index (χ1) is 9.73. The fraction of sp³-hybridized carbons (Fsp3) is 0.467. The molecule has 1 amide bonds. The summed E-state index contributed by atoms with van der Waals surface area (Å²) in [6.45, 7) is 5.48. The summed E-state index contributed by atoms with van der Waals surface area (Å²) in [6.07, 6.45) is 0. The second-order valence-electron chi connectivity index (χ2n) is 5.88. The molecule has 114 valence electrons. The van der Waals surface area contributed by atoms with Gasteiger partial charge in [0, 0.05) is 37.8 Å². The van der Waals surface area contributed by atoms with Crippen molar-refractivity contribution >= 4 is 23.1 Å². The molecule has 1 aliphatic rings. The van der Waals surface area contributed by atoms with Crippen molar-refractivity contribution in [2.45, 2.75) is 25.9 Å². The first kappa shape index (κ1) is 15.9. The predicted octanol–water partition coefficient (Wildman–Crippen LogP) is 1.51. The molecule has 2 N–H and O–H groups in total. The second kappa shape index (κ2) is 5.69. The summed E-state index contributed by atoms with van der Waals surface area (Å²) in [4.78, 5) is 16.1. The van der Waals surface area contributed by atoms with Gasteiger partial charge in [-0.05, 0) is 19.9 Å². The van der Waals surface area contributed by atoms with Gasteiger partial charge in [-0.2, -0.15) is 0 Å². The van der Waals surface area contributed by atoms with Crippen molar-refractivity contribution in [3.8, 4) is 0 Å². The molecular weight excluding hydrogens is 289 g/mol. The zero-order valence-corrected chi connectivity index (χ0v) is 13.3. The maximum atomic E-state index is 14.2. The first-order valence-corrected chi connectivity index (χ1v) is 7.23. The van der Waals surface area contributed by atoms with E-state index in [1.165, 1.54) is 6.07 Å². The molecule has 0 spiro atoms. The van der Waals surface area contributed by atoms with Gasteiger partial charge in [-0.3, -0.25) is 9.69 Å². The molecule has 1 fully saturated rings. The lowest BCUT2D eigenvalue weighted by Crippen LogP contribution is -2.61. The number of benzene rings is 1. The second-order valence-corrected chi connectivity index (χ2v) is 6.32. The highest BCUT2D eigenvalue weighted by molar-refractivity contribution is 7.80. The summed E-state index contributed by atoms with van der Waals surface area (Å²) in [7, 11) is 1.79. The number of likely N-dealkylation sites (N-methyl/N-ethyl adjacent to an activating group) is 1. The molecule has 1 aromatic carbocycles. The molecule has 1 aromatic rings. The summed E-state index contributed by atoms with van der Waals surface area (Å²) in [5.74, 6) is -0.295. The van der Waals surface area contributed by atoms with E-state index < -0.39 is 5.54 Å². The van der Waals surface area contributed by atoms with Crippen LogP contribution in [0.3, 0.4) is 0 Å². The number of carbonyl (C=O) groups is 1. The van der Waals surface area contributed by atoms with Crippen LogP contribution in [-0.2, 0) is 11.3 Å². The summed E-state index contributed by atoms with van der Waals surface area (Å²) < 4.78 is 14.2. The SMILES string of the molecule is CN1CCN(Cc2ccc(C(N)=S)cc2F)C(C)(C)C1=O. The van der Waals surface area contributed by atoms with Gasteiger partial charge in [-0.15, -0.1) is 0 Å². The number of amides is 1. The largest absolute Gasteiger partial charge is 0.389 e. The van der Waals surface area contributed by atoms with Gasteiger partial charge in [0.1, 0.15) is 10.8 Å². The summed E-state index contributed by atoms with van der Waals surface area (Å²) in [5.41, 5.74) is 5.92. The van der Waals surface area contributed by atoms with E-state index >= 15 is 0 Å². The monoisotopic (exact) mass is 309 g/mol. The van der Waals surface area contributed by atoms with E-state index in [9.17, 15) is 9.18 Å². The van der Waals surface area contributed by atoms with Crippen LogP contribution in [0.2, 0.25) is 0 Å². The zero-order valence-electron chi connectivity index (χ0n) is 12.5. The average molecular weight is 309 g/mol. The Morgan fingerprint density at radius 1 is 1.43 bits per heavy atom. The molecule has 21 heavy (non-hydrogen) atoms. The van der Waals surface area contributed by atoms with Gasteiger partial charge in [0.15, 0.2) is 0 Å². The van der Waals surface area contributed by atoms with Crippen LogP contribution in [0.4, 0.5) is 4.39 Å². The van der Waals surface area contributed by atoms with Crippen molar-refractivity contribution in [1.82, 2.24) is 9.80 Å². The maximum Gasteiger partial charge on any atom is 0.242 e. The van der Waals surface area contributed by atoms with Crippen molar-refractivity contribution in [3.63, 3.8) is 0 Å². The molecule has 0 unspecified atom stereocenters. The van der Waals surface area contributed by atoms with Gasteiger partial charge >= 0.3 is 0 Å². The number of thiocarbonyl (C=S) groups is 1. The number of nitrogens with two attached hydrogens (primary N) is 1. The number of nitrogens with zero attached hydrogens (tertiary/aromatic N) is 2. The minimum atomic E-state index is -0.638. The highest BCUT2D eigenvalue weighted by Gasteiger charge is 2.40. The first-order valence-electron chi connectivity index (χ1n) is 6.82. The minimum absolute atomic E-state index is 0.0499. The Kier molecular flexibility index (Phi) is 4.30. The van der Waals surface area contributed by atoms with Crippen molar-refractivity contribution < 1.29 is 9.18 Å². The van der Waals surface area contributed by atoms with Gasteiger partial charge in [0.25, 0.3) is 0 Å².